The van der Waals surface area contributed by atoms with Gasteiger partial charge in [0.25, 0.3) is 0 Å². The number of carbonyl (C=O) groups is 1. The van der Waals surface area contributed by atoms with Crippen molar-refractivity contribution in [2.75, 3.05) is 0 Å². The Labute approximate surface area is 81.0 Å². The molecule has 1 rings (SSSR count). The van der Waals surface area contributed by atoms with Gasteiger partial charge in [-0.05, 0) is 6.92 Å². The number of aliphatic hydroxyl groups is 1. The van der Waals surface area contributed by atoms with Crippen LogP contribution in [-0.4, -0.2) is 32.0 Å². The van der Waals surface area contributed by atoms with Crippen molar-refractivity contribution < 1.29 is 15.0 Å². The Bertz CT molecular complexity index is 348. The van der Waals surface area contributed by atoms with E-state index >= 15 is 0 Å². The zero-order valence-corrected chi connectivity index (χ0v) is 8.01. The van der Waals surface area contributed by atoms with Gasteiger partial charge in [0.1, 0.15) is 12.1 Å². The van der Waals surface area contributed by atoms with Crippen molar-refractivity contribution in [2.24, 2.45) is 12.8 Å². The summed E-state index contributed by atoms with van der Waals surface area (Å²) in [5, 5.41) is 22.2. The average Bonchev–Trinajstić information content (AvgIpc) is 2.42. The lowest BCUT2D eigenvalue weighted by Crippen LogP contribution is -2.36. The van der Waals surface area contributed by atoms with Crippen molar-refractivity contribution in [3.8, 4) is 0 Å². The van der Waals surface area contributed by atoms with Crippen molar-refractivity contribution in [3.05, 3.63) is 17.5 Å². The molecule has 6 nitrogen and oxygen atoms in total. The van der Waals surface area contributed by atoms with E-state index in [1.807, 2.05) is 0 Å². The van der Waals surface area contributed by atoms with Gasteiger partial charge in [-0.15, -0.1) is 0 Å². The summed E-state index contributed by atoms with van der Waals surface area (Å²) in [5.74, 6) is -1.24. The number of hydrogen-bond acceptors (Lipinski definition) is 4. The molecule has 0 aliphatic carbocycles. The maximum Gasteiger partial charge on any atom is 0.323 e. The SMILES string of the molecule is Cc1nn(C)cc1C(O)C(N)C(=O)O. The van der Waals surface area contributed by atoms with Crippen molar-refractivity contribution in [2.45, 2.75) is 19.1 Å². The summed E-state index contributed by atoms with van der Waals surface area (Å²) in [6, 6.07) is -1.32. The monoisotopic (exact) mass is 199 g/mol. The molecule has 1 aromatic heterocycles. The van der Waals surface area contributed by atoms with Gasteiger partial charge in [-0.25, -0.2) is 0 Å². The van der Waals surface area contributed by atoms with Crippen LogP contribution in [0.2, 0.25) is 0 Å². The van der Waals surface area contributed by atoms with Crippen LogP contribution in [0.15, 0.2) is 6.20 Å². The highest BCUT2D eigenvalue weighted by Crippen LogP contribution is 2.18. The van der Waals surface area contributed by atoms with Crippen molar-refractivity contribution in [1.82, 2.24) is 9.78 Å². The molecule has 1 aromatic rings. The van der Waals surface area contributed by atoms with Gasteiger partial charge in [-0.1, -0.05) is 0 Å². The minimum atomic E-state index is -1.32. The first-order chi connectivity index (χ1) is 6.43. The van der Waals surface area contributed by atoms with E-state index in [1.165, 1.54) is 4.68 Å². The van der Waals surface area contributed by atoms with E-state index in [0.717, 1.165) is 0 Å². The minimum absolute atomic E-state index is 0.447. The molecule has 0 spiro atoms. The Morgan fingerprint density at radius 1 is 1.71 bits per heavy atom. The number of aliphatic carboxylic acids is 1. The Balaban J connectivity index is 2.94. The molecule has 0 aliphatic rings. The third kappa shape index (κ3) is 1.91. The molecular weight excluding hydrogens is 186 g/mol. The van der Waals surface area contributed by atoms with E-state index in [1.54, 1.807) is 20.2 Å². The first-order valence-corrected chi connectivity index (χ1v) is 4.10. The lowest BCUT2D eigenvalue weighted by molar-refractivity contribution is -0.141. The van der Waals surface area contributed by atoms with Crippen molar-refractivity contribution in [1.29, 1.82) is 0 Å². The number of aliphatic hydroxyl groups excluding tert-OH is 1. The third-order valence-corrected chi connectivity index (χ3v) is 2.00. The van der Waals surface area contributed by atoms with Gasteiger partial charge in [0.05, 0.1) is 5.69 Å². The molecule has 0 bridgehead atoms. The second-order valence-corrected chi connectivity index (χ2v) is 3.15. The fourth-order valence-corrected chi connectivity index (χ4v) is 1.24. The van der Waals surface area contributed by atoms with Gasteiger partial charge in [-0.3, -0.25) is 9.48 Å². The predicted octanol–water partition coefficient (Wildman–Crippen LogP) is -0.826. The van der Waals surface area contributed by atoms with Crippen LogP contribution >= 0.6 is 0 Å². The van der Waals surface area contributed by atoms with Crippen LogP contribution < -0.4 is 5.73 Å². The fourth-order valence-electron chi connectivity index (χ4n) is 1.24. The largest absolute Gasteiger partial charge is 0.480 e. The Hall–Kier alpha value is -1.40. The molecule has 0 radical (unpaired) electrons. The quantitative estimate of drug-likeness (QED) is 0.590. The lowest BCUT2D eigenvalue weighted by atomic mass is 10.0. The third-order valence-electron chi connectivity index (χ3n) is 2.00. The van der Waals surface area contributed by atoms with Crippen LogP contribution in [0.3, 0.4) is 0 Å². The molecule has 0 aliphatic heterocycles. The highest BCUT2D eigenvalue weighted by molar-refractivity contribution is 5.74. The maximum absolute atomic E-state index is 10.5. The maximum atomic E-state index is 10.5. The van der Waals surface area contributed by atoms with E-state index in [0.29, 0.717) is 11.3 Å². The Morgan fingerprint density at radius 2 is 2.29 bits per heavy atom. The summed E-state index contributed by atoms with van der Waals surface area (Å²) in [6.07, 6.45) is 0.337. The minimum Gasteiger partial charge on any atom is -0.480 e. The smallest absolute Gasteiger partial charge is 0.323 e. The number of nitrogens with zero attached hydrogens (tertiary/aromatic N) is 2. The predicted molar refractivity (Wildman–Crippen MR) is 48.5 cm³/mol. The van der Waals surface area contributed by atoms with Crippen molar-refractivity contribution in [3.63, 3.8) is 0 Å². The zero-order valence-electron chi connectivity index (χ0n) is 8.01. The molecule has 14 heavy (non-hydrogen) atoms. The van der Waals surface area contributed by atoms with Crippen LogP contribution in [0.25, 0.3) is 0 Å². The summed E-state index contributed by atoms with van der Waals surface area (Å²) in [5.41, 5.74) is 6.31. The molecule has 0 fully saturated rings. The zero-order chi connectivity index (χ0) is 10.9. The number of carboxylic acid groups (broad SMARTS) is 1. The van der Waals surface area contributed by atoms with Crippen LogP contribution in [0, 0.1) is 6.92 Å². The Morgan fingerprint density at radius 3 is 2.64 bits per heavy atom. The average molecular weight is 199 g/mol. The van der Waals surface area contributed by atoms with Gasteiger partial charge in [-0.2, -0.15) is 5.10 Å². The molecule has 0 aromatic carbocycles. The highest BCUT2D eigenvalue weighted by Gasteiger charge is 2.26. The van der Waals surface area contributed by atoms with E-state index in [2.05, 4.69) is 5.10 Å². The number of hydrogen-bond donors (Lipinski definition) is 3. The number of rotatable bonds is 3. The van der Waals surface area contributed by atoms with Crippen molar-refractivity contribution >= 4 is 5.97 Å². The first-order valence-electron chi connectivity index (χ1n) is 4.10. The summed E-state index contributed by atoms with van der Waals surface area (Å²) < 4.78 is 1.50. The second kappa shape index (κ2) is 3.77. The molecule has 78 valence electrons. The van der Waals surface area contributed by atoms with Crippen LogP contribution in [0.1, 0.15) is 17.4 Å². The highest BCUT2D eigenvalue weighted by atomic mass is 16.4. The standard InChI is InChI=1S/C8H13N3O3/c1-4-5(3-11(2)10-4)7(12)6(9)8(13)14/h3,6-7,12H,9H2,1-2H3,(H,13,14). The normalized spacial score (nSPS) is 15.1. The summed E-state index contributed by atoms with van der Waals surface area (Å²) >= 11 is 0. The van der Waals surface area contributed by atoms with Gasteiger partial charge in [0.2, 0.25) is 0 Å². The van der Waals surface area contributed by atoms with Gasteiger partial charge in [0.15, 0.2) is 0 Å². The van der Waals surface area contributed by atoms with Gasteiger partial charge < -0.3 is 15.9 Å². The number of nitrogens with two attached hydrogens (primary N) is 1. The van der Waals surface area contributed by atoms with E-state index in [-0.39, 0.29) is 0 Å². The molecular formula is C8H13N3O3. The second-order valence-electron chi connectivity index (χ2n) is 3.15. The summed E-state index contributed by atoms with van der Waals surface area (Å²) in [4.78, 5) is 10.5. The van der Waals surface area contributed by atoms with E-state index in [4.69, 9.17) is 10.8 Å². The molecule has 6 heteroatoms. The topological polar surface area (TPSA) is 101 Å². The van der Waals surface area contributed by atoms with Gasteiger partial charge in [0, 0.05) is 18.8 Å². The lowest BCUT2D eigenvalue weighted by Gasteiger charge is -2.13. The van der Waals surface area contributed by atoms with E-state index < -0.39 is 18.1 Å². The van der Waals surface area contributed by atoms with E-state index in [9.17, 15) is 9.90 Å². The molecule has 2 unspecified atom stereocenters. The first kappa shape index (κ1) is 10.7. The van der Waals surface area contributed by atoms with Crippen LogP contribution in [-0.2, 0) is 11.8 Å². The molecule has 0 amide bonds. The number of aryl methyl sites for hydroxylation is 2. The molecule has 0 saturated heterocycles. The summed E-state index contributed by atoms with van der Waals surface area (Å²) in [7, 11) is 1.69. The summed E-state index contributed by atoms with van der Waals surface area (Å²) in [6.45, 7) is 1.69. The number of carboxylic acids is 1. The Kier molecular flexibility index (Phi) is 2.87. The van der Waals surface area contributed by atoms with Crippen LogP contribution in [0.4, 0.5) is 0 Å². The van der Waals surface area contributed by atoms with Gasteiger partial charge >= 0.3 is 5.97 Å². The molecule has 0 saturated carbocycles. The molecule has 2 atom stereocenters. The number of aromatic nitrogens is 2. The fraction of sp³-hybridized carbons (Fsp3) is 0.500. The van der Waals surface area contributed by atoms with Crippen LogP contribution in [0.5, 0.6) is 0 Å². The molecule has 1 heterocycles. The molecule has 4 N–H and O–H groups in total.